The van der Waals surface area contributed by atoms with Crippen LogP contribution in [-0.4, -0.2) is 18.2 Å². The number of halogens is 4. The normalized spacial score (nSPS) is 11.9. The number of sulfonamides is 1. The Hall–Kier alpha value is -3.67. The van der Waals surface area contributed by atoms with Gasteiger partial charge in [0.1, 0.15) is 23.0 Å². The first-order chi connectivity index (χ1) is 15.7. The number of ether oxygens (including phenoxy) is 1. The van der Waals surface area contributed by atoms with Crippen molar-refractivity contribution in [1.29, 1.82) is 0 Å². The second kappa shape index (κ2) is 8.93. The van der Waals surface area contributed by atoms with Gasteiger partial charge in [-0.15, -0.1) is 0 Å². The summed E-state index contributed by atoms with van der Waals surface area (Å²) >= 11 is 0. The van der Waals surface area contributed by atoms with E-state index in [2.05, 4.69) is 16.4 Å². The van der Waals surface area contributed by atoms with Gasteiger partial charge >= 0.3 is 6.18 Å². The molecule has 0 fully saturated rings. The summed E-state index contributed by atoms with van der Waals surface area (Å²) < 4.78 is 88.4. The number of alkyl halides is 3. The Balaban J connectivity index is 2.39. The Kier molecular flexibility index (Phi) is 6.56. The summed E-state index contributed by atoms with van der Waals surface area (Å²) in [7, 11) is -3.00. The van der Waals surface area contributed by atoms with Gasteiger partial charge < -0.3 is 4.74 Å². The summed E-state index contributed by atoms with van der Waals surface area (Å²) in [6, 6.07) is 6.58. The zero-order valence-electron chi connectivity index (χ0n) is 18.2. The molecule has 0 aliphatic heterocycles. The van der Waals surface area contributed by atoms with Crippen molar-refractivity contribution < 1.29 is 30.7 Å². The number of aryl methyl sites for hydroxylation is 3. The molecule has 1 N–H and O–H groups in total. The molecule has 0 aliphatic carbocycles. The summed E-state index contributed by atoms with van der Waals surface area (Å²) in [5.41, 5.74) is -3.13. The highest BCUT2D eigenvalue weighted by Crippen LogP contribution is 2.44. The van der Waals surface area contributed by atoms with E-state index in [0.29, 0.717) is 27.3 Å². The van der Waals surface area contributed by atoms with Gasteiger partial charge in [0.25, 0.3) is 15.6 Å². The average molecular weight is 497 g/mol. The summed E-state index contributed by atoms with van der Waals surface area (Å²) in [5, 5.41) is 4.35. The molecule has 0 aliphatic rings. The highest BCUT2D eigenvalue weighted by Gasteiger charge is 2.37. The van der Waals surface area contributed by atoms with Crippen molar-refractivity contribution in [2.45, 2.75) is 20.0 Å². The quantitative estimate of drug-likeness (QED) is 0.490. The fraction of sp³-hybridized carbons (Fsp3) is 0.182. The maximum Gasteiger partial charge on any atom is 0.418 e. The van der Waals surface area contributed by atoms with Crippen molar-refractivity contribution in [1.82, 2.24) is 9.78 Å². The van der Waals surface area contributed by atoms with E-state index in [9.17, 15) is 30.8 Å². The van der Waals surface area contributed by atoms with Crippen LogP contribution in [0.25, 0.3) is 11.3 Å². The average Bonchev–Trinajstić information content (AvgIpc) is 2.71. The van der Waals surface area contributed by atoms with E-state index in [1.807, 2.05) is 0 Å². The molecule has 0 saturated heterocycles. The Labute approximate surface area is 192 Å². The Morgan fingerprint density at radius 2 is 1.76 bits per heavy atom. The van der Waals surface area contributed by atoms with Crippen molar-refractivity contribution in [2.75, 3.05) is 4.72 Å². The summed E-state index contributed by atoms with van der Waals surface area (Å²) in [6.07, 6.45) is -5.00. The van der Waals surface area contributed by atoms with Crippen LogP contribution < -0.4 is 15.0 Å². The first kappa shape index (κ1) is 25.0. The lowest BCUT2D eigenvalue weighted by Crippen LogP contribution is -2.24. The third-order valence-corrected chi connectivity index (χ3v) is 5.71. The number of aromatic nitrogens is 2. The molecule has 0 unspecified atom stereocenters. The number of nitrogens with zero attached hydrogens (tertiary/aromatic N) is 2. The molecule has 0 radical (unpaired) electrons. The molecule has 2 aromatic carbocycles. The number of hydrogen-bond acceptors (Lipinski definition) is 5. The van der Waals surface area contributed by atoms with Gasteiger partial charge in [0.15, 0.2) is 0 Å². The predicted molar refractivity (Wildman–Crippen MR) is 119 cm³/mol. The molecule has 1 aromatic heterocycles. The molecular formula is C22H19F4N3O4S. The van der Waals surface area contributed by atoms with Gasteiger partial charge in [0, 0.05) is 18.5 Å². The van der Waals surface area contributed by atoms with Crippen LogP contribution in [0, 0.1) is 19.7 Å². The number of anilines is 1. The molecule has 0 bridgehead atoms. The SMILES string of the molecule is C=CS(=O)(=O)Nc1cccc(Oc2c(C)cc(F)cc2C)c1-c1nn(C)c(=O)cc1C(F)(F)F. The monoisotopic (exact) mass is 497 g/mol. The topological polar surface area (TPSA) is 90.3 Å². The van der Waals surface area contributed by atoms with E-state index in [-0.39, 0.29) is 22.7 Å². The second-order valence-corrected chi connectivity index (χ2v) is 8.96. The fourth-order valence-electron chi connectivity index (χ4n) is 3.25. The van der Waals surface area contributed by atoms with E-state index < -0.39 is 38.8 Å². The van der Waals surface area contributed by atoms with Gasteiger partial charge in [-0.3, -0.25) is 9.52 Å². The first-order valence-electron chi connectivity index (χ1n) is 9.62. The second-order valence-electron chi connectivity index (χ2n) is 7.33. The molecule has 0 saturated carbocycles. The lowest BCUT2D eigenvalue weighted by atomic mass is 10.0. The van der Waals surface area contributed by atoms with Gasteiger partial charge in [-0.25, -0.2) is 17.5 Å². The molecule has 3 aromatic rings. The van der Waals surface area contributed by atoms with Crippen LogP contribution in [0.1, 0.15) is 16.7 Å². The fourth-order valence-corrected chi connectivity index (χ4v) is 3.81. The summed E-state index contributed by atoms with van der Waals surface area (Å²) in [6.45, 7) is 6.26. The van der Waals surface area contributed by atoms with Gasteiger partial charge in [-0.05, 0) is 49.2 Å². The maximum absolute atomic E-state index is 13.9. The molecule has 3 rings (SSSR count). The minimum Gasteiger partial charge on any atom is -0.456 e. The third kappa shape index (κ3) is 5.11. The summed E-state index contributed by atoms with van der Waals surface area (Å²) in [4.78, 5) is 11.9. The molecule has 0 spiro atoms. The Morgan fingerprint density at radius 3 is 2.32 bits per heavy atom. The number of rotatable bonds is 6. The zero-order chi connectivity index (χ0) is 25.4. The molecular weight excluding hydrogens is 478 g/mol. The van der Waals surface area contributed by atoms with Gasteiger partial charge in [-0.1, -0.05) is 12.6 Å². The largest absolute Gasteiger partial charge is 0.456 e. The molecule has 0 amide bonds. The van der Waals surface area contributed by atoms with E-state index in [0.717, 1.165) is 7.05 Å². The Bertz CT molecular complexity index is 1420. The molecule has 7 nitrogen and oxygen atoms in total. The van der Waals surface area contributed by atoms with Gasteiger partial charge in [0.05, 0.1) is 16.8 Å². The molecule has 0 atom stereocenters. The third-order valence-electron chi connectivity index (χ3n) is 4.77. The molecule has 12 heteroatoms. The Morgan fingerprint density at radius 1 is 1.15 bits per heavy atom. The highest BCUT2D eigenvalue weighted by atomic mass is 32.2. The number of nitrogens with one attached hydrogen (secondary N) is 1. The standard InChI is InChI=1S/C22H19F4N3O4S/c1-5-34(31,32)28-16-7-6-8-17(33-21-12(2)9-14(23)10-13(21)3)19(16)20-15(22(24,25)26)11-18(30)29(4)27-20/h5-11,28H,1H2,2-4H3. The van der Waals surface area contributed by atoms with Gasteiger partial charge in [-0.2, -0.15) is 18.3 Å². The van der Waals surface area contributed by atoms with Crippen LogP contribution in [0.15, 0.2) is 53.2 Å². The highest BCUT2D eigenvalue weighted by molar-refractivity contribution is 7.95. The maximum atomic E-state index is 13.9. The number of benzene rings is 2. The van der Waals surface area contributed by atoms with Crippen LogP contribution >= 0.6 is 0 Å². The molecule has 180 valence electrons. The lowest BCUT2D eigenvalue weighted by Gasteiger charge is -2.20. The van der Waals surface area contributed by atoms with Crippen molar-refractivity contribution in [3.8, 4) is 22.8 Å². The zero-order valence-corrected chi connectivity index (χ0v) is 19.0. The van der Waals surface area contributed by atoms with E-state index in [1.54, 1.807) is 13.8 Å². The first-order valence-corrected chi connectivity index (χ1v) is 11.2. The lowest BCUT2D eigenvalue weighted by molar-refractivity contribution is -0.137. The van der Waals surface area contributed by atoms with Crippen LogP contribution in [0.5, 0.6) is 11.5 Å². The van der Waals surface area contributed by atoms with Crippen LogP contribution in [-0.2, 0) is 23.2 Å². The van der Waals surface area contributed by atoms with Crippen LogP contribution in [0.4, 0.5) is 23.2 Å². The predicted octanol–water partition coefficient (Wildman–Crippen LogP) is 4.90. The van der Waals surface area contributed by atoms with Crippen molar-refractivity contribution in [3.05, 3.63) is 81.2 Å². The van der Waals surface area contributed by atoms with E-state index in [1.165, 1.54) is 30.3 Å². The van der Waals surface area contributed by atoms with Crippen LogP contribution in [0.2, 0.25) is 0 Å². The van der Waals surface area contributed by atoms with Crippen LogP contribution in [0.3, 0.4) is 0 Å². The number of hydrogen-bond donors (Lipinski definition) is 1. The molecule has 1 heterocycles. The van der Waals surface area contributed by atoms with Gasteiger partial charge in [0.2, 0.25) is 0 Å². The minimum atomic E-state index is -5.00. The van der Waals surface area contributed by atoms with Crippen molar-refractivity contribution >= 4 is 15.7 Å². The van der Waals surface area contributed by atoms with Crippen molar-refractivity contribution in [2.24, 2.45) is 7.05 Å². The van der Waals surface area contributed by atoms with E-state index >= 15 is 0 Å². The summed E-state index contributed by atoms with van der Waals surface area (Å²) in [5.74, 6) is -0.586. The smallest absolute Gasteiger partial charge is 0.418 e. The minimum absolute atomic E-state index is 0.157. The van der Waals surface area contributed by atoms with Crippen molar-refractivity contribution in [3.63, 3.8) is 0 Å². The molecule has 34 heavy (non-hydrogen) atoms. The van der Waals surface area contributed by atoms with E-state index in [4.69, 9.17) is 4.74 Å².